The smallest absolute Gasteiger partial charge is 0.264 e. The van der Waals surface area contributed by atoms with E-state index in [1.807, 2.05) is 24.3 Å². The number of aliphatic hydroxyl groups excluding tert-OH is 1. The Kier molecular flexibility index (Phi) is 7.30. The van der Waals surface area contributed by atoms with Crippen LogP contribution in [0.3, 0.4) is 0 Å². The minimum absolute atomic E-state index is 0.111. The zero-order valence-corrected chi connectivity index (χ0v) is 21.6. The van der Waals surface area contributed by atoms with Crippen LogP contribution < -0.4 is 9.04 Å². The van der Waals surface area contributed by atoms with Crippen molar-refractivity contribution in [2.24, 2.45) is 0 Å². The highest BCUT2D eigenvalue weighted by molar-refractivity contribution is 7.92. The molecule has 0 unspecified atom stereocenters. The number of rotatable bonds is 9. The number of aromatic nitrogens is 2. The summed E-state index contributed by atoms with van der Waals surface area (Å²) in [6.45, 7) is 0.118. The maximum Gasteiger partial charge on any atom is 0.264 e. The molecule has 0 saturated carbocycles. The number of imidazole rings is 1. The minimum Gasteiger partial charge on any atom is -0.497 e. The lowest BCUT2D eigenvalue weighted by Gasteiger charge is -2.28. The van der Waals surface area contributed by atoms with Gasteiger partial charge in [-0.2, -0.15) is 0 Å². The lowest BCUT2D eigenvalue weighted by atomic mass is 9.93. The molecule has 5 rings (SSSR count). The van der Waals surface area contributed by atoms with Gasteiger partial charge in [0.25, 0.3) is 10.0 Å². The van der Waals surface area contributed by atoms with Crippen molar-refractivity contribution in [3.8, 4) is 5.75 Å². The van der Waals surface area contributed by atoms with E-state index in [0.29, 0.717) is 11.4 Å². The van der Waals surface area contributed by atoms with Gasteiger partial charge in [-0.3, -0.25) is 4.31 Å². The van der Waals surface area contributed by atoms with Gasteiger partial charge in [0.2, 0.25) is 0 Å². The molecule has 37 heavy (non-hydrogen) atoms. The van der Waals surface area contributed by atoms with Crippen LogP contribution in [0.5, 0.6) is 5.75 Å². The predicted molar refractivity (Wildman–Crippen MR) is 145 cm³/mol. The number of anilines is 1. The normalized spacial score (nSPS) is 16.5. The van der Waals surface area contributed by atoms with Crippen LogP contribution in [0.2, 0.25) is 0 Å². The molecular weight excluding hydrogens is 486 g/mol. The number of hydrogen-bond donors (Lipinski definition) is 1. The first-order valence-corrected chi connectivity index (χ1v) is 13.9. The van der Waals surface area contributed by atoms with Crippen LogP contribution in [0.4, 0.5) is 5.69 Å². The Balaban J connectivity index is 1.49. The molecule has 0 spiro atoms. The van der Waals surface area contributed by atoms with E-state index < -0.39 is 16.1 Å². The summed E-state index contributed by atoms with van der Waals surface area (Å²) in [5.41, 5.74) is 2.27. The first kappa shape index (κ1) is 25.0. The van der Waals surface area contributed by atoms with Crippen LogP contribution in [-0.2, 0) is 16.6 Å². The fourth-order valence-corrected chi connectivity index (χ4v) is 6.42. The molecule has 4 aromatic rings. The average molecular weight is 518 g/mol. The van der Waals surface area contributed by atoms with Gasteiger partial charge in [0.15, 0.2) is 0 Å². The predicted octanol–water partition coefficient (Wildman–Crippen LogP) is 5.13. The van der Waals surface area contributed by atoms with Gasteiger partial charge in [-0.1, -0.05) is 42.5 Å². The average Bonchev–Trinajstić information content (AvgIpc) is 3.31. The van der Waals surface area contributed by atoms with E-state index in [1.165, 1.54) is 4.31 Å². The largest absolute Gasteiger partial charge is 0.497 e. The number of benzene rings is 3. The monoisotopic (exact) mass is 517 g/mol. The standard InChI is InChI=1S/C29H31N3O4S/c1-36-25-18-16-23(17-19-25)32(37(34,35)26-12-6-3-7-13-26)21-24(33)20-31-28-15-9-8-14-27(28)30-29(31)22-10-4-2-5-11-22/h2-4,6-9,12-19,22,24,33H,5,10-11,20-21H2,1H3/t22-,24-/m0/s1. The molecular formula is C29H31N3O4S. The Morgan fingerprint density at radius 2 is 1.76 bits per heavy atom. The zero-order chi connectivity index (χ0) is 25.8. The number of methoxy groups -OCH3 is 1. The number of ether oxygens (including phenoxy) is 1. The molecule has 0 aliphatic heterocycles. The highest BCUT2D eigenvalue weighted by Gasteiger charge is 2.29. The van der Waals surface area contributed by atoms with Gasteiger partial charge in [0, 0.05) is 5.92 Å². The maximum atomic E-state index is 13.7. The molecule has 3 aromatic carbocycles. The van der Waals surface area contributed by atoms with Crippen LogP contribution in [0.1, 0.15) is 31.0 Å². The van der Waals surface area contributed by atoms with Gasteiger partial charge < -0.3 is 14.4 Å². The molecule has 0 fully saturated rings. The summed E-state index contributed by atoms with van der Waals surface area (Å²) in [5.74, 6) is 1.82. The number of fused-ring (bicyclic) bond motifs is 1. The van der Waals surface area contributed by atoms with Crippen molar-refractivity contribution < 1.29 is 18.3 Å². The molecule has 2 atom stereocenters. The number of sulfonamides is 1. The lowest BCUT2D eigenvalue weighted by Crippen LogP contribution is -2.39. The number of aliphatic hydroxyl groups is 1. The molecule has 1 heterocycles. The molecule has 1 N–H and O–H groups in total. The van der Waals surface area contributed by atoms with E-state index in [4.69, 9.17) is 9.72 Å². The van der Waals surface area contributed by atoms with Crippen molar-refractivity contribution in [3.63, 3.8) is 0 Å². The molecule has 0 bridgehead atoms. The number of hydrogen-bond acceptors (Lipinski definition) is 5. The third-order valence-electron chi connectivity index (χ3n) is 6.78. The third kappa shape index (κ3) is 5.26. The molecule has 7 nitrogen and oxygen atoms in total. The Bertz CT molecular complexity index is 1480. The highest BCUT2D eigenvalue weighted by Crippen LogP contribution is 2.32. The second-order valence-electron chi connectivity index (χ2n) is 9.25. The van der Waals surface area contributed by atoms with Gasteiger partial charge in [-0.15, -0.1) is 0 Å². The van der Waals surface area contributed by atoms with Crippen molar-refractivity contribution in [2.45, 2.75) is 42.7 Å². The van der Waals surface area contributed by atoms with Gasteiger partial charge in [-0.25, -0.2) is 13.4 Å². The fraction of sp³-hybridized carbons (Fsp3) is 0.276. The lowest BCUT2D eigenvalue weighted by molar-refractivity contribution is 0.162. The quantitative estimate of drug-likeness (QED) is 0.311. The SMILES string of the molecule is COc1ccc(N(C[C@@H](O)Cn2c([C@H]3CC=CCC3)nc3ccccc32)S(=O)(=O)c2ccccc2)cc1. The third-order valence-corrected chi connectivity index (χ3v) is 8.59. The van der Waals surface area contributed by atoms with E-state index in [1.54, 1.807) is 61.7 Å². The van der Waals surface area contributed by atoms with E-state index in [9.17, 15) is 13.5 Å². The topological polar surface area (TPSA) is 84.7 Å². The molecule has 0 amide bonds. The molecule has 1 aliphatic rings. The van der Waals surface area contributed by atoms with Crippen molar-refractivity contribution in [2.75, 3.05) is 18.0 Å². The van der Waals surface area contributed by atoms with Gasteiger partial charge >= 0.3 is 0 Å². The van der Waals surface area contributed by atoms with E-state index in [2.05, 4.69) is 16.7 Å². The zero-order valence-electron chi connectivity index (χ0n) is 20.8. The minimum atomic E-state index is -3.92. The second-order valence-corrected chi connectivity index (χ2v) is 11.1. The summed E-state index contributed by atoms with van der Waals surface area (Å²) in [6, 6.07) is 23.0. The Morgan fingerprint density at radius 3 is 2.46 bits per heavy atom. The molecule has 8 heteroatoms. The van der Waals surface area contributed by atoms with E-state index in [0.717, 1.165) is 36.1 Å². The first-order chi connectivity index (χ1) is 18.0. The summed E-state index contributed by atoms with van der Waals surface area (Å²) in [6.07, 6.45) is 6.30. The Morgan fingerprint density at radius 1 is 1.03 bits per heavy atom. The maximum absolute atomic E-state index is 13.7. The molecule has 0 radical (unpaired) electrons. The Labute approximate surface area is 217 Å². The van der Waals surface area contributed by atoms with Crippen molar-refractivity contribution in [1.29, 1.82) is 0 Å². The molecule has 0 saturated heterocycles. The second kappa shape index (κ2) is 10.8. The van der Waals surface area contributed by atoms with Crippen LogP contribution >= 0.6 is 0 Å². The van der Waals surface area contributed by atoms with Crippen LogP contribution in [0.15, 0.2) is 95.9 Å². The van der Waals surface area contributed by atoms with E-state index in [-0.39, 0.29) is 23.9 Å². The number of allylic oxidation sites excluding steroid dienone is 2. The fourth-order valence-electron chi connectivity index (χ4n) is 4.90. The van der Waals surface area contributed by atoms with Crippen molar-refractivity contribution in [1.82, 2.24) is 9.55 Å². The van der Waals surface area contributed by atoms with Gasteiger partial charge in [-0.05, 0) is 67.8 Å². The van der Waals surface area contributed by atoms with Gasteiger partial charge in [0.1, 0.15) is 11.6 Å². The summed E-state index contributed by atoms with van der Waals surface area (Å²) in [4.78, 5) is 5.08. The summed E-state index contributed by atoms with van der Waals surface area (Å²) < 4.78 is 36.0. The van der Waals surface area contributed by atoms with E-state index >= 15 is 0 Å². The molecule has 192 valence electrons. The van der Waals surface area contributed by atoms with Crippen LogP contribution in [0.25, 0.3) is 11.0 Å². The Hall–Kier alpha value is -3.62. The summed E-state index contributed by atoms with van der Waals surface area (Å²) in [5, 5.41) is 11.4. The highest BCUT2D eigenvalue weighted by atomic mass is 32.2. The van der Waals surface area contributed by atoms with Crippen LogP contribution in [0, 0.1) is 0 Å². The molecule has 1 aromatic heterocycles. The van der Waals surface area contributed by atoms with Gasteiger partial charge in [0.05, 0.1) is 47.9 Å². The van der Waals surface area contributed by atoms with Crippen molar-refractivity contribution >= 4 is 26.7 Å². The van der Waals surface area contributed by atoms with Crippen LogP contribution in [-0.4, -0.2) is 42.8 Å². The number of para-hydroxylation sites is 2. The van der Waals surface area contributed by atoms with Crippen molar-refractivity contribution in [3.05, 3.63) is 96.8 Å². The first-order valence-electron chi connectivity index (χ1n) is 12.5. The molecule has 1 aliphatic carbocycles. The summed E-state index contributed by atoms with van der Waals surface area (Å²) >= 11 is 0. The number of nitrogens with zero attached hydrogens (tertiary/aromatic N) is 3. The summed E-state index contributed by atoms with van der Waals surface area (Å²) in [7, 11) is -2.36.